The maximum atomic E-state index is 2.44. The lowest BCUT2D eigenvalue weighted by molar-refractivity contribution is 0.391. The predicted molar refractivity (Wildman–Crippen MR) is 75.8 cm³/mol. The Hall–Kier alpha value is 0. The molecular formula is C16H34. The van der Waals surface area contributed by atoms with E-state index in [0.717, 1.165) is 17.8 Å². The fraction of sp³-hybridized carbons (Fsp3) is 1.00. The van der Waals surface area contributed by atoms with E-state index < -0.39 is 0 Å². The summed E-state index contributed by atoms with van der Waals surface area (Å²) in [4.78, 5) is 0. The molecule has 0 aliphatic rings. The summed E-state index contributed by atoms with van der Waals surface area (Å²) in [6, 6.07) is 0. The van der Waals surface area contributed by atoms with Crippen molar-refractivity contribution < 1.29 is 0 Å². The van der Waals surface area contributed by atoms with Crippen LogP contribution in [0.15, 0.2) is 0 Å². The van der Waals surface area contributed by atoms with Crippen LogP contribution in [0, 0.1) is 17.8 Å². The summed E-state index contributed by atoms with van der Waals surface area (Å²) in [5.74, 6) is 2.79. The van der Waals surface area contributed by atoms with Crippen molar-refractivity contribution >= 4 is 0 Å². The molecule has 0 bridgehead atoms. The van der Waals surface area contributed by atoms with Crippen LogP contribution in [0.2, 0.25) is 0 Å². The maximum absolute atomic E-state index is 2.44. The van der Waals surface area contributed by atoms with Gasteiger partial charge in [-0.3, -0.25) is 0 Å². The van der Waals surface area contributed by atoms with Crippen LogP contribution in [0.4, 0.5) is 0 Å². The van der Waals surface area contributed by atoms with Gasteiger partial charge < -0.3 is 0 Å². The molecule has 0 saturated heterocycles. The summed E-state index contributed by atoms with van der Waals surface area (Å²) >= 11 is 0. The van der Waals surface area contributed by atoms with Crippen molar-refractivity contribution in [3.05, 3.63) is 0 Å². The average molecular weight is 226 g/mol. The summed E-state index contributed by atoms with van der Waals surface area (Å²) in [6.45, 7) is 11.8. The zero-order chi connectivity index (χ0) is 12.4. The standard InChI is InChI=1S/C16H34/c1-6-9-15(4)12-8-13-16(5)11-7-10-14(2)3/h14-16H,6-13H2,1-5H3/t15-,16-/m1/s1. The van der Waals surface area contributed by atoms with Crippen molar-refractivity contribution in [3.63, 3.8) is 0 Å². The summed E-state index contributed by atoms with van der Waals surface area (Å²) in [7, 11) is 0. The van der Waals surface area contributed by atoms with Crippen LogP contribution in [0.25, 0.3) is 0 Å². The summed E-state index contributed by atoms with van der Waals surface area (Å²) in [6.07, 6.45) is 11.4. The van der Waals surface area contributed by atoms with Crippen LogP contribution in [0.5, 0.6) is 0 Å². The molecule has 0 fully saturated rings. The van der Waals surface area contributed by atoms with Gasteiger partial charge in [0.25, 0.3) is 0 Å². The molecule has 98 valence electrons. The quantitative estimate of drug-likeness (QED) is 0.425. The smallest absolute Gasteiger partial charge is 0.0443 e. The van der Waals surface area contributed by atoms with Crippen LogP contribution in [0.3, 0.4) is 0 Å². The zero-order valence-corrected chi connectivity index (χ0v) is 12.4. The zero-order valence-electron chi connectivity index (χ0n) is 12.4. The monoisotopic (exact) mass is 226 g/mol. The van der Waals surface area contributed by atoms with Crippen molar-refractivity contribution in [3.8, 4) is 0 Å². The molecule has 0 nitrogen and oxygen atoms in total. The number of hydrogen-bond donors (Lipinski definition) is 0. The molecule has 0 aliphatic heterocycles. The van der Waals surface area contributed by atoms with Gasteiger partial charge in [0.2, 0.25) is 0 Å². The topological polar surface area (TPSA) is 0 Å². The molecule has 0 amide bonds. The predicted octanol–water partition coefficient (Wildman–Crippen LogP) is 6.06. The number of hydrogen-bond acceptors (Lipinski definition) is 0. The Kier molecular flexibility index (Phi) is 10.2. The fourth-order valence-corrected chi connectivity index (χ4v) is 2.47. The second-order valence-corrected chi connectivity index (χ2v) is 6.25. The molecule has 2 atom stereocenters. The lowest BCUT2D eigenvalue weighted by Gasteiger charge is -2.14. The van der Waals surface area contributed by atoms with E-state index in [2.05, 4.69) is 34.6 Å². The van der Waals surface area contributed by atoms with E-state index in [9.17, 15) is 0 Å². The minimum absolute atomic E-state index is 0.886. The van der Waals surface area contributed by atoms with Crippen molar-refractivity contribution in [2.45, 2.75) is 86.0 Å². The summed E-state index contributed by atoms with van der Waals surface area (Å²) in [5.41, 5.74) is 0. The van der Waals surface area contributed by atoms with Gasteiger partial charge in [-0.15, -0.1) is 0 Å². The molecule has 0 heterocycles. The minimum Gasteiger partial charge on any atom is -0.0654 e. The fourth-order valence-electron chi connectivity index (χ4n) is 2.47. The molecule has 0 heteroatoms. The third-order valence-corrected chi connectivity index (χ3v) is 3.65. The third kappa shape index (κ3) is 10.5. The summed E-state index contributed by atoms with van der Waals surface area (Å²) in [5, 5.41) is 0. The van der Waals surface area contributed by atoms with Gasteiger partial charge in [-0.2, -0.15) is 0 Å². The molecule has 0 aromatic carbocycles. The van der Waals surface area contributed by atoms with Crippen LogP contribution >= 0.6 is 0 Å². The van der Waals surface area contributed by atoms with Gasteiger partial charge in [-0.25, -0.2) is 0 Å². The molecule has 0 aromatic rings. The molecule has 0 saturated carbocycles. The maximum Gasteiger partial charge on any atom is -0.0443 e. The Morgan fingerprint density at radius 3 is 1.50 bits per heavy atom. The van der Waals surface area contributed by atoms with E-state index in [1.807, 2.05) is 0 Å². The van der Waals surface area contributed by atoms with Crippen molar-refractivity contribution in [1.82, 2.24) is 0 Å². The van der Waals surface area contributed by atoms with Crippen molar-refractivity contribution in [2.75, 3.05) is 0 Å². The van der Waals surface area contributed by atoms with Crippen molar-refractivity contribution in [1.29, 1.82) is 0 Å². The van der Waals surface area contributed by atoms with Crippen LogP contribution in [-0.2, 0) is 0 Å². The van der Waals surface area contributed by atoms with Crippen LogP contribution in [-0.4, -0.2) is 0 Å². The second-order valence-electron chi connectivity index (χ2n) is 6.25. The van der Waals surface area contributed by atoms with Gasteiger partial charge in [0.15, 0.2) is 0 Å². The van der Waals surface area contributed by atoms with Gasteiger partial charge in [0, 0.05) is 0 Å². The van der Waals surface area contributed by atoms with E-state index in [0.29, 0.717) is 0 Å². The first-order valence-corrected chi connectivity index (χ1v) is 7.56. The molecule has 0 aliphatic carbocycles. The van der Waals surface area contributed by atoms with E-state index in [4.69, 9.17) is 0 Å². The molecule has 16 heavy (non-hydrogen) atoms. The van der Waals surface area contributed by atoms with Gasteiger partial charge in [0.05, 0.1) is 0 Å². The highest BCUT2D eigenvalue weighted by Gasteiger charge is 2.05. The Bertz CT molecular complexity index is 137. The largest absolute Gasteiger partial charge is 0.0654 e. The molecule has 0 rings (SSSR count). The lowest BCUT2D eigenvalue weighted by atomic mass is 9.92. The molecule has 0 N–H and O–H groups in total. The first-order chi connectivity index (χ1) is 7.56. The first-order valence-electron chi connectivity index (χ1n) is 7.56. The Balaban J connectivity index is 3.32. The lowest BCUT2D eigenvalue weighted by Crippen LogP contribution is -1.99. The highest BCUT2D eigenvalue weighted by Crippen LogP contribution is 2.20. The van der Waals surface area contributed by atoms with Gasteiger partial charge >= 0.3 is 0 Å². The van der Waals surface area contributed by atoms with E-state index >= 15 is 0 Å². The van der Waals surface area contributed by atoms with Gasteiger partial charge in [0.1, 0.15) is 0 Å². The summed E-state index contributed by atoms with van der Waals surface area (Å²) < 4.78 is 0. The minimum atomic E-state index is 0.886. The van der Waals surface area contributed by atoms with E-state index in [1.165, 1.54) is 51.4 Å². The first kappa shape index (κ1) is 16.0. The molecule has 0 radical (unpaired) electrons. The SMILES string of the molecule is CCC[C@@H](C)CCC[C@H](C)CCCC(C)C. The van der Waals surface area contributed by atoms with Crippen LogP contribution < -0.4 is 0 Å². The molecule has 0 spiro atoms. The van der Waals surface area contributed by atoms with Gasteiger partial charge in [-0.05, 0) is 17.8 Å². The normalized spacial score (nSPS) is 15.4. The molecule has 0 unspecified atom stereocenters. The number of rotatable bonds is 10. The Morgan fingerprint density at radius 1 is 0.625 bits per heavy atom. The molecular weight excluding hydrogens is 192 g/mol. The average Bonchev–Trinajstić information content (AvgIpc) is 2.17. The second kappa shape index (κ2) is 10.2. The Labute approximate surface area is 104 Å². The highest BCUT2D eigenvalue weighted by molar-refractivity contribution is 4.58. The third-order valence-electron chi connectivity index (χ3n) is 3.65. The van der Waals surface area contributed by atoms with Crippen LogP contribution in [0.1, 0.15) is 86.0 Å². The molecule has 0 aromatic heterocycles. The van der Waals surface area contributed by atoms with Crippen molar-refractivity contribution in [2.24, 2.45) is 17.8 Å². The van der Waals surface area contributed by atoms with Gasteiger partial charge in [-0.1, -0.05) is 86.0 Å². The Morgan fingerprint density at radius 2 is 1.06 bits per heavy atom. The van der Waals surface area contributed by atoms with E-state index in [-0.39, 0.29) is 0 Å². The highest BCUT2D eigenvalue weighted by atomic mass is 14.1. The van der Waals surface area contributed by atoms with E-state index in [1.54, 1.807) is 0 Å².